The molecule has 2 heterocycles. The fraction of sp³-hybridized carbons (Fsp3) is 0.667. The second-order valence-corrected chi connectivity index (χ2v) is 5.87. The van der Waals surface area contributed by atoms with Gasteiger partial charge in [0, 0.05) is 38.4 Å². The minimum absolute atomic E-state index is 0. The Hall–Kier alpha value is -0.840. The van der Waals surface area contributed by atoms with E-state index in [0.29, 0.717) is 12.1 Å². The second-order valence-electron chi connectivity index (χ2n) is 5.87. The largest absolute Gasteiger partial charge is 0.357 e. The van der Waals surface area contributed by atoms with Crippen LogP contribution in [-0.4, -0.2) is 42.1 Å². The fourth-order valence-corrected chi connectivity index (χ4v) is 2.48. The molecular formula is C15H27ClN4. The molecule has 0 spiro atoms. The minimum Gasteiger partial charge on any atom is -0.357 e. The zero-order chi connectivity index (χ0) is 13.8. The van der Waals surface area contributed by atoms with Gasteiger partial charge in [-0.15, -0.1) is 12.4 Å². The number of nitrogens with zero attached hydrogens (tertiary/aromatic N) is 3. The second kappa shape index (κ2) is 7.81. The quantitative estimate of drug-likeness (QED) is 0.926. The van der Waals surface area contributed by atoms with Gasteiger partial charge in [-0.1, -0.05) is 6.07 Å². The van der Waals surface area contributed by atoms with Gasteiger partial charge in [0.25, 0.3) is 0 Å². The molecule has 0 unspecified atom stereocenters. The van der Waals surface area contributed by atoms with Gasteiger partial charge in [0.15, 0.2) is 0 Å². The molecule has 1 aromatic heterocycles. The first-order valence-corrected chi connectivity index (χ1v) is 7.22. The van der Waals surface area contributed by atoms with Gasteiger partial charge >= 0.3 is 0 Å². The smallest absolute Gasteiger partial charge is 0.128 e. The predicted octanol–water partition coefficient (Wildman–Crippen LogP) is 2.27. The topological polar surface area (TPSA) is 45.4 Å². The van der Waals surface area contributed by atoms with E-state index in [1.807, 2.05) is 6.20 Å². The van der Waals surface area contributed by atoms with E-state index in [-0.39, 0.29) is 12.4 Å². The Bertz CT molecular complexity index is 393. The summed E-state index contributed by atoms with van der Waals surface area (Å²) in [6, 6.07) is 5.10. The van der Waals surface area contributed by atoms with Gasteiger partial charge in [-0.2, -0.15) is 0 Å². The average Bonchev–Trinajstić information content (AvgIpc) is 2.39. The zero-order valence-electron chi connectivity index (χ0n) is 12.7. The number of anilines is 1. The van der Waals surface area contributed by atoms with Crippen LogP contribution in [0.25, 0.3) is 0 Å². The van der Waals surface area contributed by atoms with Crippen LogP contribution >= 0.6 is 12.4 Å². The van der Waals surface area contributed by atoms with E-state index in [1.165, 1.54) is 12.0 Å². The number of likely N-dealkylation sites (tertiary alicyclic amines) is 1. The van der Waals surface area contributed by atoms with E-state index in [1.54, 1.807) is 0 Å². The number of halogens is 1. The lowest BCUT2D eigenvalue weighted by Gasteiger charge is -2.30. The Labute approximate surface area is 128 Å². The molecule has 5 heteroatoms. The standard InChI is InChI=1S/C15H26N4.ClH/c1-12(2)18(3)15-7-6-13(9-17-15)10-19-8-4-5-14(16)11-19;/h6-7,9,12,14H,4-5,8,10-11,16H2,1-3H3;1H/t14-;/m1./s1. The van der Waals surface area contributed by atoms with Crippen molar-refractivity contribution in [3.63, 3.8) is 0 Å². The van der Waals surface area contributed by atoms with Gasteiger partial charge in [0.05, 0.1) is 0 Å². The summed E-state index contributed by atoms with van der Waals surface area (Å²) in [6.07, 6.45) is 4.37. The number of nitrogens with two attached hydrogens (primary N) is 1. The van der Waals surface area contributed by atoms with Crippen molar-refractivity contribution in [2.75, 3.05) is 25.0 Å². The normalized spacial score (nSPS) is 19.8. The van der Waals surface area contributed by atoms with Gasteiger partial charge < -0.3 is 10.6 Å². The van der Waals surface area contributed by atoms with Crippen LogP contribution in [0.3, 0.4) is 0 Å². The lowest BCUT2D eigenvalue weighted by Crippen LogP contribution is -2.42. The highest BCUT2D eigenvalue weighted by Crippen LogP contribution is 2.15. The van der Waals surface area contributed by atoms with Gasteiger partial charge in [-0.3, -0.25) is 4.90 Å². The summed E-state index contributed by atoms with van der Waals surface area (Å²) in [5.74, 6) is 1.04. The summed E-state index contributed by atoms with van der Waals surface area (Å²) in [5, 5.41) is 0. The Morgan fingerprint density at radius 2 is 2.20 bits per heavy atom. The van der Waals surface area contributed by atoms with Crippen LogP contribution in [0.2, 0.25) is 0 Å². The van der Waals surface area contributed by atoms with Crippen molar-refractivity contribution >= 4 is 18.2 Å². The number of aromatic nitrogens is 1. The Balaban J connectivity index is 0.00000200. The lowest BCUT2D eigenvalue weighted by molar-refractivity contribution is 0.201. The molecule has 0 radical (unpaired) electrons. The molecule has 0 amide bonds. The van der Waals surface area contributed by atoms with Crippen LogP contribution in [-0.2, 0) is 6.54 Å². The first-order valence-electron chi connectivity index (χ1n) is 7.22. The molecule has 0 aliphatic carbocycles. The molecule has 0 bridgehead atoms. The van der Waals surface area contributed by atoms with E-state index in [9.17, 15) is 0 Å². The first kappa shape index (κ1) is 17.2. The maximum absolute atomic E-state index is 6.01. The van der Waals surface area contributed by atoms with Gasteiger partial charge in [-0.25, -0.2) is 4.98 Å². The summed E-state index contributed by atoms with van der Waals surface area (Å²) in [7, 11) is 2.08. The van der Waals surface area contributed by atoms with Crippen molar-refractivity contribution in [3.05, 3.63) is 23.9 Å². The van der Waals surface area contributed by atoms with Crippen LogP contribution in [0.1, 0.15) is 32.3 Å². The highest BCUT2D eigenvalue weighted by molar-refractivity contribution is 5.85. The molecule has 114 valence electrons. The third-order valence-corrected chi connectivity index (χ3v) is 3.89. The Morgan fingerprint density at radius 3 is 2.75 bits per heavy atom. The van der Waals surface area contributed by atoms with Crippen molar-refractivity contribution in [2.24, 2.45) is 5.73 Å². The number of hydrogen-bond acceptors (Lipinski definition) is 4. The average molecular weight is 299 g/mol. The summed E-state index contributed by atoms with van der Waals surface area (Å²) < 4.78 is 0. The third kappa shape index (κ3) is 4.62. The number of rotatable bonds is 4. The minimum atomic E-state index is 0. The molecule has 1 fully saturated rings. The van der Waals surface area contributed by atoms with Crippen molar-refractivity contribution in [2.45, 2.75) is 45.3 Å². The number of piperidine rings is 1. The lowest BCUT2D eigenvalue weighted by atomic mass is 10.1. The van der Waals surface area contributed by atoms with Crippen LogP contribution < -0.4 is 10.6 Å². The third-order valence-electron chi connectivity index (χ3n) is 3.89. The Kier molecular flexibility index (Phi) is 6.72. The SMILES string of the molecule is CC(C)N(C)c1ccc(CN2CCC[C@@H](N)C2)cn1.Cl. The molecule has 1 aromatic rings. The van der Waals surface area contributed by atoms with Crippen molar-refractivity contribution in [1.29, 1.82) is 0 Å². The van der Waals surface area contributed by atoms with E-state index in [4.69, 9.17) is 5.73 Å². The predicted molar refractivity (Wildman–Crippen MR) is 87.5 cm³/mol. The maximum atomic E-state index is 6.01. The molecule has 20 heavy (non-hydrogen) atoms. The Morgan fingerprint density at radius 1 is 1.45 bits per heavy atom. The molecule has 4 nitrogen and oxygen atoms in total. The van der Waals surface area contributed by atoms with Gasteiger partial charge in [-0.05, 0) is 44.9 Å². The zero-order valence-corrected chi connectivity index (χ0v) is 13.6. The van der Waals surface area contributed by atoms with E-state index in [0.717, 1.165) is 31.9 Å². The molecule has 0 aromatic carbocycles. The van der Waals surface area contributed by atoms with Gasteiger partial charge in [0.2, 0.25) is 0 Å². The monoisotopic (exact) mass is 298 g/mol. The fourth-order valence-electron chi connectivity index (χ4n) is 2.48. The molecular weight excluding hydrogens is 272 g/mol. The van der Waals surface area contributed by atoms with Crippen molar-refractivity contribution < 1.29 is 0 Å². The highest BCUT2D eigenvalue weighted by atomic mass is 35.5. The summed E-state index contributed by atoms with van der Waals surface area (Å²) >= 11 is 0. The number of hydrogen-bond donors (Lipinski definition) is 1. The van der Waals surface area contributed by atoms with Crippen LogP contribution in [0, 0.1) is 0 Å². The molecule has 2 rings (SSSR count). The van der Waals surface area contributed by atoms with Crippen LogP contribution in [0.4, 0.5) is 5.82 Å². The van der Waals surface area contributed by atoms with Crippen molar-refractivity contribution in [1.82, 2.24) is 9.88 Å². The van der Waals surface area contributed by atoms with Gasteiger partial charge in [0.1, 0.15) is 5.82 Å². The number of pyridine rings is 1. The molecule has 1 aliphatic rings. The first-order chi connectivity index (χ1) is 9.06. The maximum Gasteiger partial charge on any atom is 0.128 e. The molecule has 1 saturated heterocycles. The van der Waals surface area contributed by atoms with E-state index >= 15 is 0 Å². The molecule has 1 aliphatic heterocycles. The highest BCUT2D eigenvalue weighted by Gasteiger charge is 2.16. The summed E-state index contributed by atoms with van der Waals surface area (Å²) in [5.41, 5.74) is 7.29. The van der Waals surface area contributed by atoms with E-state index < -0.39 is 0 Å². The molecule has 1 atom stereocenters. The van der Waals surface area contributed by atoms with Crippen LogP contribution in [0.15, 0.2) is 18.3 Å². The molecule has 0 saturated carbocycles. The summed E-state index contributed by atoms with van der Waals surface area (Å²) in [6.45, 7) is 7.47. The summed E-state index contributed by atoms with van der Waals surface area (Å²) in [4.78, 5) is 9.16. The van der Waals surface area contributed by atoms with E-state index in [2.05, 4.69) is 47.8 Å². The van der Waals surface area contributed by atoms with Crippen molar-refractivity contribution in [3.8, 4) is 0 Å². The molecule has 2 N–H and O–H groups in total. The van der Waals surface area contributed by atoms with Crippen LogP contribution in [0.5, 0.6) is 0 Å².